The number of likely N-dealkylation sites (tertiary alicyclic amines) is 1. The number of hydrogen-bond donors (Lipinski definition) is 1. The molecule has 0 radical (unpaired) electrons. The fourth-order valence-corrected chi connectivity index (χ4v) is 3.16. The average molecular weight is 333 g/mol. The SMILES string of the molecule is CCCO[C@H]1CCCN(C(=O)Nc2cccc(N(C)C)c2C)CC1. The second-order valence-corrected chi connectivity index (χ2v) is 6.69. The van der Waals surface area contributed by atoms with E-state index in [1.165, 1.54) is 0 Å². The summed E-state index contributed by atoms with van der Waals surface area (Å²) in [5.41, 5.74) is 3.10. The van der Waals surface area contributed by atoms with E-state index in [-0.39, 0.29) is 6.03 Å². The molecule has 1 aliphatic rings. The summed E-state index contributed by atoms with van der Waals surface area (Å²) in [4.78, 5) is 16.6. The molecular formula is C19H31N3O2. The number of benzene rings is 1. The zero-order chi connectivity index (χ0) is 17.5. The third kappa shape index (κ3) is 4.87. The number of hydrogen-bond acceptors (Lipinski definition) is 3. The highest BCUT2D eigenvalue weighted by atomic mass is 16.5. The molecule has 1 fully saturated rings. The number of amides is 2. The van der Waals surface area contributed by atoms with Crippen LogP contribution in [-0.2, 0) is 4.74 Å². The fraction of sp³-hybridized carbons (Fsp3) is 0.632. The van der Waals surface area contributed by atoms with Crippen LogP contribution in [-0.4, -0.2) is 50.8 Å². The quantitative estimate of drug-likeness (QED) is 0.889. The summed E-state index contributed by atoms with van der Waals surface area (Å²) >= 11 is 0. The Morgan fingerprint density at radius 1 is 1.33 bits per heavy atom. The molecule has 1 heterocycles. The smallest absolute Gasteiger partial charge is 0.321 e. The van der Waals surface area contributed by atoms with Crippen LogP contribution >= 0.6 is 0 Å². The monoisotopic (exact) mass is 333 g/mol. The molecule has 134 valence electrons. The van der Waals surface area contributed by atoms with Crippen LogP contribution < -0.4 is 10.2 Å². The molecule has 5 heteroatoms. The lowest BCUT2D eigenvalue weighted by Crippen LogP contribution is -2.36. The average Bonchev–Trinajstić information content (AvgIpc) is 2.80. The van der Waals surface area contributed by atoms with Crippen molar-refractivity contribution < 1.29 is 9.53 Å². The minimum absolute atomic E-state index is 0.00912. The molecule has 1 N–H and O–H groups in total. The summed E-state index contributed by atoms with van der Waals surface area (Å²) in [5, 5.41) is 3.08. The normalized spacial score (nSPS) is 18.2. The van der Waals surface area contributed by atoms with Crippen LogP contribution in [0.15, 0.2) is 18.2 Å². The largest absolute Gasteiger partial charge is 0.378 e. The second-order valence-electron chi connectivity index (χ2n) is 6.69. The van der Waals surface area contributed by atoms with Gasteiger partial charge in [-0.05, 0) is 50.3 Å². The number of carbonyl (C=O) groups is 1. The molecule has 0 unspecified atom stereocenters. The number of nitrogens with zero attached hydrogens (tertiary/aromatic N) is 2. The van der Waals surface area contributed by atoms with Gasteiger partial charge in [0.05, 0.1) is 6.10 Å². The number of nitrogens with one attached hydrogen (secondary N) is 1. The van der Waals surface area contributed by atoms with Crippen LogP contribution in [0.3, 0.4) is 0 Å². The molecule has 0 saturated carbocycles. The van der Waals surface area contributed by atoms with E-state index in [1.54, 1.807) is 0 Å². The van der Waals surface area contributed by atoms with Crippen LogP contribution in [0.1, 0.15) is 38.2 Å². The Hall–Kier alpha value is -1.75. The topological polar surface area (TPSA) is 44.8 Å². The van der Waals surface area contributed by atoms with Crippen molar-refractivity contribution in [1.82, 2.24) is 4.90 Å². The first-order chi connectivity index (χ1) is 11.5. The van der Waals surface area contributed by atoms with E-state index in [9.17, 15) is 4.79 Å². The van der Waals surface area contributed by atoms with Gasteiger partial charge >= 0.3 is 6.03 Å². The highest BCUT2D eigenvalue weighted by Gasteiger charge is 2.21. The van der Waals surface area contributed by atoms with Crippen molar-refractivity contribution in [3.05, 3.63) is 23.8 Å². The van der Waals surface area contributed by atoms with Crippen molar-refractivity contribution in [1.29, 1.82) is 0 Å². The first-order valence-corrected chi connectivity index (χ1v) is 8.97. The highest BCUT2D eigenvalue weighted by Crippen LogP contribution is 2.25. The zero-order valence-electron chi connectivity index (χ0n) is 15.5. The lowest BCUT2D eigenvalue weighted by Gasteiger charge is -2.23. The first kappa shape index (κ1) is 18.6. The number of rotatable bonds is 5. The van der Waals surface area contributed by atoms with Crippen molar-refractivity contribution in [3.63, 3.8) is 0 Å². The maximum atomic E-state index is 12.6. The van der Waals surface area contributed by atoms with Gasteiger partial charge in [-0.25, -0.2) is 4.79 Å². The number of urea groups is 1. The lowest BCUT2D eigenvalue weighted by molar-refractivity contribution is 0.0446. The van der Waals surface area contributed by atoms with E-state index >= 15 is 0 Å². The lowest BCUT2D eigenvalue weighted by atomic mass is 10.1. The zero-order valence-corrected chi connectivity index (χ0v) is 15.5. The molecule has 5 nitrogen and oxygen atoms in total. The van der Waals surface area contributed by atoms with Crippen LogP contribution in [0.4, 0.5) is 16.2 Å². The standard InChI is InChI=1S/C19H31N3O2/c1-5-14-24-16-8-7-12-22(13-11-16)19(23)20-17-9-6-10-18(15(17)2)21(3)4/h6,9-10,16H,5,7-8,11-14H2,1-4H3,(H,20,23)/t16-/m0/s1. The van der Waals surface area contributed by atoms with Gasteiger partial charge in [0.2, 0.25) is 0 Å². The summed E-state index contributed by atoms with van der Waals surface area (Å²) < 4.78 is 5.86. The van der Waals surface area contributed by atoms with Crippen LogP contribution in [0.5, 0.6) is 0 Å². The highest BCUT2D eigenvalue weighted by molar-refractivity contribution is 5.91. The van der Waals surface area contributed by atoms with Crippen LogP contribution in [0.2, 0.25) is 0 Å². The fourth-order valence-electron chi connectivity index (χ4n) is 3.16. The van der Waals surface area contributed by atoms with Crippen molar-refractivity contribution in [2.24, 2.45) is 0 Å². The molecule has 1 aromatic rings. The number of ether oxygens (including phenoxy) is 1. The van der Waals surface area contributed by atoms with Gasteiger partial charge in [-0.2, -0.15) is 0 Å². The Labute approximate surface area is 146 Å². The molecule has 0 aliphatic carbocycles. The Morgan fingerprint density at radius 2 is 2.12 bits per heavy atom. The summed E-state index contributed by atoms with van der Waals surface area (Å²) in [6, 6.07) is 6.00. The van der Waals surface area contributed by atoms with Gasteiger partial charge in [-0.3, -0.25) is 0 Å². The molecule has 24 heavy (non-hydrogen) atoms. The van der Waals surface area contributed by atoms with Gasteiger partial charge in [0, 0.05) is 45.2 Å². The van der Waals surface area contributed by atoms with Crippen molar-refractivity contribution >= 4 is 17.4 Å². The number of anilines is 2. The Morgan fingerprint density at radius 3 is 2.83 bits per heavy atom. The van der Waals surface area contributed by atoms with E-state index in [4.69, 9.17) is 4.74 Å². The van der Waals surface area contributed by atoms with Crippen molar-refractivity contribution in [3.8, 4) is 0 Å². The first-order valence-electron chi connectivity index (χ1n) is 8.97. The molecule has 0 aromatic heterocycles. The molecule has 1 saturated heterocycles. The Kier molecular flexibility index (Phi) is 6.91. The molecule has 2 amide bonds. The predicted molar refractivity (Wildman–Crippen MR) is 100.0 cm³/mol. The maximum absolute atomic E-state index is 12.6. The molecule has 1 atom stereocenters. The van der Waals surface area contributed by atoms with Gasteiger partial charge in [0.1, 0.15) is 0 Å². The van der Waals surface area contributed by atoms with Gasteiger partial charge in [0.25, 0.3) is 0 Å². The molecule has 1 aromatic carbocycles. The van der Waals surface area contributed by atoms with Crippen molar-refractivity contribution in [2.75, 3.05) is 44.0 Å². The van der Waals surface area contributed by atoms with E-state index in [1.807, 2.05) is 38.1 Å². The molecule has 1 aliphatic heterocycles. The number of carbonyl (C=O) groups excluding carboxylic acids is 1. The minimum atomic E-state index is -0.00912. The Balaban J connectivity index is 1.96. The third-order valence-electron chi connectivity index (χ3n) is 4.55. The molecule has 0 bridgehead atoms. The third-order valence-corrected chi connectivity index (χ3v) is 4.55. The van der Waals surface area contributed by atoms with Gasteiger partial charge in [-0.15, -0.1) is 0 Å². The predicted octanol–water partition coefficient (Wildman–Crippen LogP) is 3.87. The minimum Gasteiger partial charge on any atom is -0.378 e. The van der Waals surface area contributed by atoms with E-state index in [0.29, 0.717) is 6.10 Å². The maximum Gasteiger partial charge on any atom is 0.321 e. The summed E-state index contributed by atoms with van der Waals surface area (Å²) in [7, 11) is 4.03. The molecular weight excluding hydrogens is 302 g/mol. The molecule has 2 rings (SSSR count). The molecule has 0 spiro atoms. The van der Waals surface area contributed by atoms with Gasteiger partial charge < -0.3 is 19.9 Å². The summed E-state index contributed by atoms with van der Waals surface area (Å²) in [6.07, 6.45) is 4.30. The van der Waals surface area contributed by atoms with E-state index < -0.39 is 0 Å². The Bertz CT molecular complexity index is 545. The summed E-state index contributed by atoms with van der Waals surface area (Å²) in [6.45, 7) is 6.53. The summed E-state index contributed by atoms with van der Waals surface area (Å²) in [5.74, 6) is 0. The van der Waals surface area contributed by atoms with Crippen LogP contribution in [0, 0.1) is 6.92 Å². The van der Waals surface area contributed by atoms with Gasteiger partial charge in [-0.1, -0.05) is 13.0 Å². The van der Waals surface area contributed by atoms with E-state index in [2.05, 4.69) is 23.2 Å². The van der Waals surface area contributed by atoms with Crippen LogP contribution in [0.25, 0.3) is 0 Å². The van der Waals surface area contributed by atoms with Crippen molar-refractivity contribution in [2.45, 2.75) is 45.6 Å². The van der Waals surface area contributed by atoms with E-state index in [0.717, 1.165) is 62.3 Å². The second kappa shape index (κ2) is 8.92. The van der Waals surface area contributed by atoms with Gasteiger partial charge in [0.15, 0.2) is 0 Å².